The van der Waals surface area contributed by atoms with Crippen LogP contribution in [-0.4, -0.2) is 46.5 Å². The second-order valence-corrected chi connectivity index (χ2v) is 6.81. The molecule has 0 bridgehead atoms. The molecule has 3 rings (SSSR count). The van der Waals surface area contributed by atoms with Gasteiger partial charge < -0.3 is 15.7 Å². The number of nitrogens with one attached hydrogen (secondary N) is 2. The molecule has 134 valence electrons. The monoisotopic (exact) mass is 345 g/mol. The molecule has 7 nitrogen and oxygen atoms in total. The molecule has 0 aromatic heterocycles. The maximum Gasteiger partial charge on any atom is 0.325 e. The molecule has 1 aromatic carbocycles. The van der Waals surface area contributed by atoms with Gasteiger partial charge in [0.15, 0.2) is 0 Å². The van der Waals surface area contributed by atoms with Gasteiger partial charge in [-0.1, -0.05) is 18.9 Å². The SMILES string of the molecule is Cc1ccc(C(=O)NCCCN2C(=O)NC3(CCCC3)C2=O)c(O)c1. The smallest absolute Gasteiger partial charge is 0.325 e. The van der Waals surface area contributed by atoms with E-state index >= 15 is 0 Å². The van der Waals surface area contributed by atoms with E-state index in [1.54, 1.807) is 12.1 Å². The minimum atomic E-state index is -0.686. The van der Waals surface area contributed by atoms with Gasteiger partial charge in [-0.05, 0) is 43.9 Å². The van der Waals surface area contributed by atoms with Crippen molar-refractivity contribution >= 4 is 17.8 Å². The van der Waals surface area contributed by atoms with Crippen LogP contribution < -0.4 is 10.6 Å². The molecule has 0 radical (unpaired) electrons. The first kappa shape index (κ1) is 17.3. The minimum absolute atomic E-state index is 0.0604. The fourth-order valence-corrected chi connectivity index (χ4v) is 3.56. The Morgan fingerprint density at radius 2 is 2.04 bits per heavy atom. The standard InChI is InChI=1S/C18H23N3O4/c1-12-5-6-13(14(22)11-12)15(23)19-9-4-10-21-16(24)18(20-17(21)25)7-2-3-8-18/h5-6,11,22H,2-4,7-10H2,1H3,(H,19,23)(H,20,25). The van der Waals surface area contributed by atoms with E-state index in [9.17, 15) is 19.5 Å². The highest BCUT2D eigenvalue weighted by atomic mass is 16.3. The molecule has 0 unspecified atom stereocenters. The molecule has 1 heterocycles. The van der Waals surface area contributed by atoms with Crippen LogP contribution in [-0.2, 0) is 4.79 Å². The third kappa shape index (κ3) is 3.31. The highest BCUT2D eigenvalue weighted by Crippen LogP contribution is 2.34. The fraction of sp³-hybridized carbons (Fsp3) is 0.500. The number of rotatable bonds is 5. The molecule has 1 aliphatic carbocycles. The van der Waals surface area contributed by atoms with Crippen LogP contribution >= 0.6 is 0 Å². The van der Waals surface area contributed by atoms with Crippen molar-refractivity contribution in [2.75, 3.05) is 13.1 Å². The number of hydrogen-bond donors (Lipinski definition) is 3. The molecule has 2 fully saturated rings. The lowest BCUT2D eigenvalue weighted by atomic mass is 9.98. The summed E-state index contributed by atoms with van der Waals surface area (Å²) in [5, 5.41) is 15.4. The number of carbonyl (C=O) groups excluding carboxylic acids is 3. The highest BCUT2D eigenvalue weighted by molar-refractivity contribution is 6.07. The van der Waals surface area contributed by atoms with E-state index in [2.05, 4.69) is 10.6 Å². The van der Waals surface area contributed by atoms with Crippen molar-refractivity contribution in [2.45, 2.75) is 44.6 Å². The van der Waals surface area contributed by atoms with Crippen LogP contribution in [0.15, 0.2) is 18.2 Å². The van der Waals surface area contributed by atoms with Crippen molar-refractivity contribution in [3.05, 3.63) is 29.3 Å². The third-order valence-corrected chi connectivity index (χ3v) is 4.94. The molecule has 25 heavy (non-hydrogen) atoms. The van der Waals surface area contributed by atoms with Gasteiger partial charge in [-0.3, -0.25) is 14.5 Å². The van der Waals surface area contributed by atoms with E-state index in [1.165, 1.54) is 11.0 Å². The number of benzene rings is 1. The van der Waals surface area contributed by atoms with Crippen LogP contribution in [0.5, 0.6) is 5.75 Å². The Balaban J connectivity index is 1.49. The number of imide groups is 1. The summed E-state index contributed by atoms with van der Waals surface area (Å²) in [5.41, 5.74) is 0.396. The molecule has 1 aliphatic heterocycles. The van der Waals surface area contributed by atoms with Gasteiger partial charge in [0.2, 0.25) is 0 Å². The van der Waals surface area contributed by atoms with E-state index < -0.39 is 5.54 Å². The second-order valence-electron chi connectivity index (χ2n) is 6.81. The summed E-state index contributed by atoms with van der Waals surface area (Å²) < 4.78 is 0. The topological polar surface area (TPSA) is 98.7 Å². The quantitative estimate of drug-likeness (QED) is 0.558. The predicted molar refractivity (Wildman–Crippen MR) is 91.2 cm³/mol. The number of hydrogen-bond acceptors (Lipinski definition) is 4. The number of phenolic OH excluding ortho intramolecular Hbond substituents is 1. The Kier molecular flexibility index (Phi) is 4.65. The van der Waals surface area contributed by atoms with Crippen molar-refractivity contribution in [3.8, 4) is 5.75 Å². The molecule has 3 N–H and O–H groups in total. The average molecular weight is 345 g/mol. The van der Waals surface area contributed by atoms with Gasteiger partial charge in [-0.25, -0.2) is 4.79 Å². The molecule has 1 aromatic rings. The molecule has 1 spiro atoms. The predicted octanol–water partition coefficient (Wildman–Crippen LogP) is 1.69. The maximum atomic E-state index is 12.5. The summed E-state index contributed by atoms with van der Waals surface area (Å²) in [4.78, 5) is 37.9. The van der Waals surface area contributed by atoms with Crippen molar-refractivity contribution < 1.29 is 19.5 Å². The molecular weight excluding hydrogens is 322 g/mol. The molecular formula is C18H23N3O4. The summed E-state index contributed by atoms with van der Waals surface area (Å²) in [6, 6.07) is 4.52. The van der Waals surface area contributed by atoms with Crippen molar-refractivity contribution in [3.63, 3.8) is 0 Å². The number of carbonyl (C=O) groups is 3. The zero-order chi connectivity index (χ0) is 18.0. The maximum absolute atomic E-state index is 12.5. The number of nitrogens with zero attached hydrogens (tertiary/aromatic N) is 1. The van der Waals surface area contributed by atoms with Crippen molar-refractivity contribution in [1.29, 1.82) is 0 Å². The summed E-state index contributed by atoms with van der Waals surface area (Å²) >= 11 is 0. The summed E-state index contributed by atoms with van der Waals surface area (Å²) in [7, 11) is 0. The first-order chi connectivity index (χ1) is 11.9. The first-order valence-corrected chi connectivity index (χ1v) is 8.65. The largest absolute Gasteiger partial charge is 0.507 e. The minimum Gasteiger partial charge on any atom is -0.507 e. The van der Waals surface area contributed by atoms with Crippen LogP contribution in [0.1, 0.15) is 48.0 Å². The summed E-state index contributed by atoms with van der Waals surface area (Å²) in [6.07, 6.45) is 3.79. The zero-order valence-corrected chi connectivity index (χ0v) is 14.3. The normalized spacial score (nSPS) is 18.7. The van der Waals surface area contributed by atoms with E-state index in [1.807, 2.05) is 6.92 Å². The molecule has 1 saturated carbocycles. The van der Waals surface area contributed by atoms with E-state index in [0.717, 1.165) is 18.4 Å². The molecule has 0 atom stereocenters. The van der Waals surface area contributed by atoms with Gasteiger partial charge in [0.25, 0.3) is 11.8 Å². The Morgan fingerprint density at radius 3 is 2.72 bits per heavy atom. The lowest BCUT2D eigenvalue weighted by Crippen LogP contribution is -2.44. The zero-order valence-electron chi connectivity index (χ0n) is 14.3. The Hall–Kier alpha value is -2.57. The molecule has 1 saturated heterocycles. The Bertz CT molecular complexity index is 710. The fourth-order valence-electron chi connectivity index (χ4n) is 3.56. The second kappa shape index (κ2) is 6.74. The Morgan fingerprint density at radius 1 is 1.32 bits per heavy atom. The number of phenols is 1. The van der Waals surface area contributed by atoms with Gasteiger partial charge in [-0.15, -0.1) is 0 Å². The van der Waals surface area contributed by atoms with E-state index in [-0.39, 0.29) is 35.7 Å². The van der Waals surface area contributed by atoms with Gasteiger partial charge in [0.05, 0.1) is 5.56 Å². The first-order valence-electron chi connectivity index (χ1n) is 8.65. The number of amides is 4. The molecule has 4 amide bonds. The number of aryl methyl sites for hydroxylation is 1. The number of aromatic hydroxyl groups is 1. The molecule has 2 aliphatic rings. The van der Waals surface area contributed by atoms with Crippen LogP contribution in [0.25, 0.3) is 0 Å². The summed E-state index contributed by atoms with van der Waals surface area (Å²) in [5.74, 6) is -0.575. The third-order valence-electron chi connectivity index (χ3n) is 4.94. The van der Waals surface area contributed by atoms with E-state index in [4.69, 9.17) is 0 Å². The lowest BCUT2D eigenvalue weighted by molar-refractivity contribution is -0.131. The van der Waals surface area contributed by atoms with Gasteiger partial charge in [0, 0.05) is 13.1 Å². The van der Waals surface area contributed by atoms with Gasteiger partial charge in [-0.2, -0.15) is 0 Å². The van der Waals surface area contributed by atoms with Crippen LogP contribution in [0.4, 0.5) is 4.79 Å². The van der Waals surface area contributed by atoms with E-state index in [0.29, 0.717) is 25.8 Å². The van der Waals surface area contributed by atoms with Gasteiger partial charge >= 0.3 is 6.03 Å². The summed E-state index contributed by atoms with van der Waals surface area (Å²) in [6.45, 7) is 2.42. The highest BCUT2D eigenvalue weighted by Gasteiger charge is 2.51. The Labute approximate surface area is 146 Å². The van der Waals surface area contributed by atoms with Crippen LogP contribution in [0, 0.1) is 6.92 Å². The number of urea groups is 1. The van der Waals surface area contributed by atoms with Gasteiger partial charge in [0.1, 0.15) is 11.3 Å². The van der Waals surface area contributed by atoms with Crippen LogP contribution in [0.3, 0.4) is 0 Å². The van der Waals surface area contributed by atoms with Crippen molar-refractivity contribution in [1.82, 2.24) is 15.5 Å². The van der Waals surface area contributed by atoms with Crippen molar-refractivity contribution in [2.24, 2.45) is 0 Å². The molecule has 7 heteroatoms. The lowest BCUT2D eigenvalue weighted by Gasteiger charge is -2.20. The van der Waals surface area contributed by atoms with Crippen LogP contribution in [0.2, 0.25) is 0 Å². The average Bonchev–Trinajstić information content (AvgIpc) is 3.11.